The normalized spacial score (nSPS) is 17.8. The predicted molar refractivity (Wildman–Crippen MR) is 79.4 cm³/mol. The Hall–Kier alpha value is -1.62. The Morgan fingerprint density at radius 1 is 1.38 bits per heavy atom. The summed E-state index contributed by atoms with van der Waals surface area (Å²) in [6, 6.07) is 0.611. The fraction of sp³-hybridized carbons (Fsp3) is 0.692. The maximum absolute atomic E-state index is 12.4. The molecule has 1 amide bonds. The average molecular weight is 368 g/mol. The molecule has 1 aromatic heterocycles. The minimum absolute atomic E-state index is 0.0326. The van der Waals surface area contributed by atoms with Gasteiger partial charge in [-0.05, 0) is 25.8 Å². The summed E-state index contributed by atoms with van der Waals surface area (Å²) < 4.78 is 63.1. The minimum Gasteiger partial charge on any atom is -0.352 e. The zero-order valence-electron chi connectivity index (χ0n) is 13.1. The lowest BCUT2D eigenvalue weighted by molar-refractivity contribution is -0.141. The van der Waals surface area contributed by atoms with Gasteiger partial charge in [0.05, 0.1) is 5.75 Å². The lowest BCUT2D eigenvalue weighted by Gasteiger charge is -2.31. The van der Waals surface area contributed by atoms with Gasteiger partial charge in [-0.1, -0.05) is 0 Å². The number of carbonyl (C=O) groups excluding carboxylic acids is 1. The van der Waals surface area contributed by atoms with Gasteiger partial charge in [-0.2, -0.15) is 18.3 Å². The number of hydrogen-bond acceptors (Lipinski definition) is 4. The summed E-state index contributed by atoms with van der Waals surface area (Å²) in [4.78, 5) is 11.9. The van der Waals surface area contributed by atoms with E-state index < -0.39 is 27.8 Å². The van der Waals surface area contributed by atoms with Gasteiger partial charge in [0.1, 0.15) is 6.54 Å². The number of aromatic nitrogens is 2. The molecule has 1 saturated heterocycles. The number of alkyl halides is 3. The first-order valence-electron chi connectivity index (χ1n) is 7.49. The molecule has 2 rings (SSSR count). The highest BCUT2D eigenvalue weighted by atomic mass is 32.2. The van der Waals surface area contributed by atoms with E-state index in [1.165, 1.54) is 4.31 Å². The van der Waals surface area contributed by atoms with Crippen LogP contribution in [0.4, 0.5) is 13.2 Å². The molecule has 24 heavy (non-hydrogen) atoms. The van der Waals surface area contributed by atoms with Crippen LogP contribution in [-0.4, -0.2) is 53.3 Å². The molecular formula is C13H19F3N4O3S. The average Bonchev–Trinajstić information content (AvgIpc) is 2.96. The highest BCUT2D eigenvalue weighted by Crippen LogP contribution is 2.27. The number of halogens is 3. The van der Waals surface area contributed by atoms with E-state index in [0.717, 1.165) is 16.9 Å². The number of piperidine rings is 1. The van der Waals surface area contributed by atoms with E-state index >= 15 is 0 Å². The van der Waals surface area contributed by atoms with Crippen molar-refractivity contribution in [3.05, 3.63) is 18.0 Å². The first-order chi connectivity index (χ1) is 11.1. The van der Waals surface area contributed by atoms with Crippen LogP contribution in [0.15, 0.2) is 12.3 Å². The van der Waals surface area contributed by atoms with Crippen LogP contribution in [-0.2, 0) is 27.5 Å². The molecule has 1 aliphatic rings. The second kappa shape index (κ2) is 7.09. The molecule has 0 aromatic carbocycles. The molecule has 0 radical (unpaired) electrons. The fourth-order valence-electron chi connectivity index (χ4n) is 2.48. The van der Waals surface area contributed by atoms with E-state index in [2.05, 4.69) is 10.4 Å². The first-order valence-corrected chi connectivity index (χ1v) is 9.10. The van der Waals surface area contributed by atoms with Crippen molar-refractivity contribution in [2.45, 2.75) is 38.5 Å². The molecule has 1 aliphatic heterocycles. The Kier molecular flexibility index (Phi) is 5.53. The van der Waals surface area contributed by atoms with E-state index in [9.17, 15) is 26.4 Å². The van der Waals surface area contributed by atoms with Crippen molar-refractivity contribution in [1.29, 1.82) is 0 Å². The first kappa shape index (κ1) is 18.7. The van der Waals surface area contributed by atoms with Crippen LogP contribution < -0.4 is 5.32 Å². The Morgan fingerprint density at radius 2 is 2.00 bits per heavy atom. The van der Waals surface area contributed by atoms with Crippen LogP contribution in [0.2, 0.25) is 0 Å². The number of nitrogens with zero attached hydrogens (tertiary/aromatic N) is 3. The van der Waals surface area contributed by atoms with E-state index in [-0.39, 0.29) is 18.3 Å². The van der Waals surface area contributed by atoms with Crippen molar-refractivity contribution in [3.8, 4) is 0 Å². The molecule has 0 aliphatic carbocycles. The van der Waals surface area contributed by atoms with E-state index in [0.29, 0.717) is 25.9 Å². The molecular weight excluding hydrogens is 349 g/mol. The van der Waals surface area contributed by atoms with Crippen molar-refractivity contribution in [3.63, 3.8) is 0 Å². The summed E-state index contributed by atoms with van der Waals surface area (Å²) in [5.41, 5.74) is -1.05. The van der Waals surface area contributed by atoms with Crippen molar-refractivity contribution >= 4 is 15.9 Å². The predicted octanol–water partition coefficient (Wildman–Crippen LogP) is 0.832. The molecule has 0 bridgehead atoms. The highest BCUT2D eigenvalue weighted by molar-refractivity contribution is 7.89. The zero-order valence-corrected chi connectivity index (χ0v) is 13.9. The molecule has 2 heterocycles. The quantitative estimate of drug-likeness (QED) is 0.835. The molecule has 11 heteroatoms. The molecule has 0 saturated carbocycles. The third-order valence-corrected chi connectivity index (χ3v) is 5.70. The summed E-state index contributed by atoms with van der Waals surface area (Å²) in [6.07, 6.45) is -2.51. The molecule has 136 valence electrons. The zero-order chi connectivity index (χ0) is 18.0. The molecule has 1 fully saturated rings. The minimum atomic E-state index is -4.54. The number of amides is 1. The standard InChI is InChI=1S/C13H19F3N4O3S/c1-2-24(22,23)20-7-3-10(4-8-20)17-12(21)9-19-6-5-11(18-19)13(14,15)16/h5-6,10H,2-4,7-9H2,1H3,(H,17,21). The van der Waals surface area contributed by atoms with Gasteiger partial charge in [-0.3, -0.25) is 9.48 Å². The van der Waals surface area contributed by atoms with Crippen LogP contribution in [0.1, 0.15) is 25.5 Å². The Morgan fingerprint density at radius 3 is 2.50 bits per heavy atom. The maximum Gasteiger partial charge on any atom is 0.435 e. The van der Waals surface area contributed by atoms with Gasteiger partial charge in [0, 0.05) is 25.3 Å². The number of nitrogens with one attached hydrogen (secondary N) is 1. The number of rotatable bonds is 5. The van der Waals surface area contributed by atoms with E-state index in [1.807, 2.05) is 0 Å². The van der Waals surface area contributed by atoms with Gasteiger partial charge in [-0.15, -0.1) is 0 Å². The summed E-state index contributed by atoms with van der Waals surface area (Å²) >= 11 is 0. The van der Waals surface area contributed by atoms with Crippen molar-refractivity contribution in [2.24, 2.45) is 0 Å². The summed E-state index contributed by atoms with van der Waals surface area (Å²) in [7, 11) is -3.23. The van der Waals surface area contributed by atoms with Crippen LogP contribution in [0.3, 0.4) is 0 Å². The summed E-state index contributed by atoms with van der Waals surface area (Å²) in [5, 5.41) is 6.02. The number of carbonyl (C=O) groups is 1. The smallest absolute Gasteiger partial charge is 0.352 e. The van der Waals surface area contributed by atoms with Crippen LogP contribution in [0.5, 0.6) is 0 Å². The summed E-state index contributed by atoms with van der Waals surface area (Å²) in [5.74, 6) is -0.422. The van der Waals surface area contributed by atoms with Crippen LogP contribution in [0.25, 0.3) is 0 Å². The van der Waals surface area contributed by atoms with E-state index in [1.54, 1.807) is 6.92 Å². The second-order valence-electron chi connectivity index (χ2n) is 5.54. The molecule has 7 nitrogen and oxygen atoms in total. The van der Waals surface area contributed by atoms with E-state index in [4.69, 9.17) is 0 Å². The molecule has 0 unspecified atom stereocenters. The molecule has 0 atom stereocenters. The topological polar surface area (TPSA) is 84.3 Å². The van der Waals surface area contributed by atoms with Crippen molar-refractivity contribution in [1.82, 2.24) is 19.4 Å². The Balaban J connectivity index is 1.83. The van der Waals surface area contributed by atoms with Gasteiger partial charge in [-0.25, -0.2) is 12.7 Å². The van der Waals surface area contributed by atoms with Crippen LogP contribution >= 0.6 is 0 Å². The van der Waals surface area contributed by atoms with Gasteiger partial charge in [0.15, 0.2) is 5.69 Å². The monoisotopic (exact) mass is 368 g/mol. The SMILES string of the molecule is CCS(=O)(=O)N1CCC(NC(=O)Cn2ccc(C(F)(F)F)n2)CC1. The Labute approximate surface area is 137 Å². The van der Waals surface area contributed by atoms with Crippen molar-refractivity contribution < 1.29 is 26.4 Å². The second-order valence-corrected chi connectivity index (χ2v) is 7.80. The third kappa shape index (κ3) is 4.69. The van der Waals surface area contributed by atoms with Gasteiger partial charge in [0.2, 0.25) is 15.9 Å². The fourth-order valence-corrected chi connectivity index (χ4v) is 3.61. The maximum atomic E-state index is 12.4. The van der Waals surface area contributed by atoms with Crippen LogP contribution in [0, 0.1) is 0 Å². The molecule has 0 spiro atoms. The largest absolute Gasteiger partial charge is 0.435 e. The number of sulfonamides is 1. The van der Waals surface area contributed by atoms with Gasteiger partial charge < -0.3 is 5.32 Å². The van der Waals surface area contributed by atoms with Gasteiger partial charge >= 0.3 is 6.18 Å². The summed E-state index contributed by atoms with van der Waals surface area (Å²) in [6.45, 7) is 1.90. The van der Waals surface area contributed by atoms with Crippen molar-refractivity contribution in [2.75, 3.05) is 18.8 Å². The number of hydrogen-bond donors (Lipinski definition) is 1. The highest BCUT2D eigenvalue weighted by Gasteiger charge is 2.33. The molecule has 1 aromatic rings. The van der Waals surface area contributed by atoms with Gasteiger partial charge in [0.25, 0.3) is 0 Å². The third-order valence-electron chi connectivity index (χ3n) is 3.81. The Bertz CT molecular complexity index is 679. The lowest BCUT2D eigenvalue weighted by Crippen LogP contribution is -2.47. The molecule has 1 N–H and O–H groups in total. The lowest BCUT2D eigenvalue weighted by atomic mass is 10.1.